The fourth-order valence-corrected chi connectivity index (χ4v) is 2.72. The van der Waals surface area contributed by atoms with Crippen molar-refractivity contribution in [1.29, 1.82) is 0 Å². The Kier molecular flexibility index (Phi) is 7.20. The molecule has 0 spiro atoms. The summed E-state index contributed by atoms with van der Waals surface area (Å²) in [6, 6.07) is 15.1. The first-order valence-corrected chi connectivity index (χ1v) is 8.54. The van der Waals surface area contributed by atoms with E-state index in [9.17, 15) is 9.59 Å². The minimum absolute atomic E-state index is 0.0500. The van der Waals surface area contributed by atoms with E-state index in [-0.39, 0.29) is 18.4 Å². The molecule has 2 amide bonds. The standard InChI is InChI=1S/C18H19IN2O3/c1-24-12-14-8-6-13(7-9-14)10-20-17(22)11-21-18(23)15-4-2-3-5-16(15)19/h2-9H,10-12H2,1H3,(H,20,22)(H,21,23). The molecular weight excluding hydrogens is 419 g/mol. The Balaban J connectivity index is 1.77. The molecule has 0 heterocycles. The van der Waals surface area contributed by atoms with Gasteiger partial charge < -0.3 is 15.4 Å². The van der Waals surface area contributed by atoms with Crippen molar-refractivity contribution in [2.24, 2.45) is 0 Å². The first-order chi connectivity index (χ1) is 11.6. The number of hydrogen-bond acceptors (Lipinski definition) is 3. The Hall–Kier alpha value is -1.93. The average molecular weight is 438 g/mol. The van der Waals surface area contributed by atoms with Crippen LogP contribution in [-0.4, -0.2) is 25.5 Å². The van der Waals surface area contributed by atoms with Crippen molar-refractivity contribution >= 4 is 34.4 Å². The third-order valence-electron chi connectivity index (χ3n) is 3.35. The highest BCUT2D eigenvalue weighted by Gasteiger charge is 2.10. The maximum atomic E-state index is 12.0. The molecule has 5 nitrogen and oxygen atoms in total. The highest BCUT2D eigenvalue weighted by molar-refractivity contribution is 14.1. The van der Waals surface area contributed by atoms with Gasteiger partial charge in [0.15, 0.2) is 0 Å². The second-order valence-electron chi connectivity index (χ2n) is 5.19. The Morgan fingerprint density at radius 3 is 2.33 bits per heavy atom. The molecule has 0 saturated heterocycles. The van der Waals surface area contributed by atoms with Crippen molar-refractivity contribution in [3.05, 3.63) is 68.8 Å². The van der Waals surface area contributed by atoms with Gasteiger partial charge in [0.25, 0.3) is 5.91 Å². The summed E-state index contributed by atoms with van der Waals surface area (Å²) in [5.41, 5.74) is 2.64. The highest BCUT2D eigenvalue weighted by Crippen LogP contribution is 2.10. The zero-order chi connectivity index (χ0) is 17.4. The van der Waals surface area contributed by atoms with Gasteiger partial charge in [-0.3, -0.25) is 9.59 Å². The molecule has 24 heavy (non-hydrogen) atoms. The predicted molar refractivity (Wildman–Crippen MR) is 100 cm³/mol. The maximum absolute atomic E-state index is 12.0. The summed E-state index contributed by atoms with van der Waals surface area (Å²) in [5, 5.41) is 5.41. The first kappa shape index (κ1) is 18.4. The number of hydrogen-bond donors (Lipinski definition) is 2. The minimum atomic E-state index is -0.251. The normalized spacial score (nSPS) is 10.2. The molecule has 0 unspecified atom stereocenters. The molecule has 2 aromatic carbocycles. The number of nitrogens with one attached hydrogen (secondary N) is 2. The van der Waals surface area contributed by atoms with Crippen LogP contribution < -0.4 is 10.6 Å². The largest absolute Gasteiger partial charge is 0.380 e. The lowest BCUT2D eigenvalue weighted by Gasteiger charge is -2.08. The zero-order valence-corrected chi connectivity index (χ0v) is 15.5. The Bertz CT molecular complexity index is 702. The van der Waals surface area contributed by atoms with Crippen molar-refractivity contribution in [2.75, 3.05) is 13.7 Å². The number of carbonyl (C=O) groups is 2. The van der Waals surface area contributed by atoms with Gasteiger partial charge in [0.1, 0.15) is 0 Å². The fraction of sp³-hybridized carbons (Fsp3) is 0.222. The number of ether oxygens (including phenoxy) is 1. The molecule has 6 heteroatoms. The summed E-state index contributed by atoms with van der Waals surface area (Å²) in [6.45, 7) is 0.938. The average Bonchev–Trinajstić information content (AvgIpc) is 2.60. The van der Waals surface area contributed by atoms with E-state index in [1.54, 1.807) is 19.2 Å². The summed E-state index contributed by atoms with van der Waals surface area (Å²) in [5.74, 6) is -0.477. The zero-order valence-electron chi connectivity index (χ0n) is 13.3. The van der Waals surface area contributed by atoms with Gasteiger partial charge >= 0.3 is 0 Å². The fourth-order valence-electron chi connectivity index (χ4n) is 2.08. The summed E-state index contributed by atoms with van der Waals surface area (Å²) >= 11 is 2.10. The van der Waals surface area contributed by atoms with Crippen molar-refractivity contribution in [3.8, 4) is 0 Å². The summed E-state index contributed by atoms with van der Waals surface area (Å²) in [4.78, 5) is 23.9. The molecule has 0 atom stereocenters. The molecule has 2 N–H and O–H groups in total. The van der Waals surface area contributed by atoms with Gasteiger partial charge in [-0.15, -0.1) is 0 Å². The van der Waals surface area contributed by atoms with Crippen molar-refractivity contribution in [3.63, 3.8) is 0 Å². The number of carbonyl (C=O) groups excluding carboxylic acids is 2. The van der Waals surface area contributed by atoms with E-state index in [2.05, 4.69) is 33.2 Å². The Morgan fingerprint density at radius 2 is 1.67 bits per heavy atom. The molecule has 0 aliphatic carbocycles. The van der Waals surface area contributed by atoms with Crippen LogP contribution in [0.5, 0.6) is 0 Å². The van der Waals surface area contributed by atoms with Gasteiger partial charge in [0, 0.05) is 17.2 Å². The van der Waals surface area contributed by atoms with Crippen LogP contribution in [-0.2, 0) is 22.7 Å². The highest BCUT2D eigenvalue weighted by atomic mass is 127. The van der Waals surface area contributed by atoms with Crippen LogP contribution in [0, 0.1) is 3.57 Å². The lowest BCUT2D eigenvalue weighted by molar-refractivity contribution is -0.120. The Morgan fingerprint density at radius 1 is 1.00 bits per heavy atom. The molecule has 0 aliphatic heterocycles. The van der Waals surface area contributed by atoms with E-state index in [1.807, 2.05) is 36.4 Å². The predicted octanol–water partition coefficient (Wildman–Crippen LogP) is 2.48. The van der Waals surface area contributed by atoms with Gasteiger partial charge in [0.05, 0.1) is 18.7 Å². The summed E-state index contributed by atoms with van der Waals surface area (Å²) in [6.07, 6.45) is 0. The quantitative estimate of drug-likeness (QED) is 0.653. The van der Waals surface area contributed by atoms with Crippen molar-refractivity contribution in [1.82, 2.24) is 10.6 Å². The van der Waals surface area contributed by atoms with Crippen LogP contribution >= 0.6 is 22.6 Å². The number of methoxy groups -OCH3 is 1. The molecule has 0 saturated carbocycles. The summed E-state index contributed by atoms with van der Waals surface area (Å²) < 4.78 is 5.91. The van der Waals surface area contributed by atoms with Crippen LogP contribution in [0.3, 0.4) is 0 Å². The number of halogens is 1. The van der Waals surface area contributed by atoms with Crippen LogP contribution in [0.4, 0.5) is 0 Å². The van der Waals surface area contributed by atoms with E-state index in [4.69, 9.17) is 4.74 Å². The second kappa shape index (κ2) is 9.39. The van der Waals surface area contributed by atoms with Gasteiger partial charge in [0.2, 0.25) is 5.91 Å². The SMILES string of the molecule is COCc1ccc(CNC(=O)CNC(=O)c2ccccc2I)cc1. The van der Waals surface area contributed by atoms with Gasteiger partial charge in [-0.2, -0.15) is 0 Å². The smallest absolute Gasteiger partial charge is 0.252 e. The molecule has 2 rings (SSSR count). The molecule has 126 valence electrons. The Labute approximate surface area is 154 Å². The molecule has 0 aromatic heterocycles. The topological polar surface area (TPSA) is 67.4 Å². The van der Waals surface area contributed by atoms with E-state index in [0.29, 0.717) is 18.7 Å². The molecule has 0 aliphatic rings. The second-order valence-corrected chi connectivity index (χ2v) is 6.35. The van der Waals surface area contributed by atoms with E-state index < -0.39 is 0 Å². The third kappa shape index (κ3) is 5.61. The monoisotopic (exact) mass is 438 g/mol. The lowest BCUT2D eigenvalue weighted by atomic mass is 10.1. The number of amides is 2. The van der Waals surface area contributed by atoms with E-state index in [0.717, 1.165) is 14.7 Å². The van der Waals surface area contributed by atoms with Crippen LogP contribution in [0.25, 0.3) is 0 Å². The molecule has 2 aromatic rings. The first-order valence-electron chi connectivity index (χ1n) is 7.46. The molecular formula is C18H19IN2O3. The van der Waals surface area contributed by atoms with Crippen LogP contribution in [0.2, 0.25) is 0 Å². The maximum Gasteiger partial charge on any atom is 0.252 e. The summed E-state index contributed by atoms with van der Waals surface area (Å²) in [7, 11) is 1.65. The number of benzene rings is 2. The van der Waals surface area contributed by atoms with Crippen molar-refractivity contribution < 1.29 is 14.3 Å². The van der Waals surface area contributed by atoms with E-state index in [1.165, 1.54) is 0 Å². The number of rotatable bonds is 7. The van der Waals surface area contributed by atoms with Gasteiger partial charge in [-0.25, -0.2) is 0 Å². The van der Waals surface area contributed by atoms with E-state index >= 15 is 0 Å². The van der Waals surface area contributed by atoms with Crippen molar-refractivity contribution in [2.45, 2.75) is 13.2 Å². The van der Waals surface area contributed by atoms with Gasteiger partial charge in [-0.1, -0.05) is 36.4 Å². The lowest BCUT2D eigenvalue weighted by Crippen LogP contribution is -2.36. The van der Waals surface area contributed by atoms with Crippen LogP contribution in [0.15, 0.2) is 48.5 Å². The van der Waals surface area contributed by atoms with Gasteiger partial charge in [-0.05, 0) is 45.9 Å². The minimum Gasteiger partial charge on any atom is -0.380 e. The van der Waals surface area contributed by atoms with Crippen LogP contribution in [0.1, 0.15) is 21.5 Å². The molecule has 0 bridgehead atoms. The molecule has 0 fully saturated rings. The molecule has 0 radical (unpaired) electrons. The third-order valence-corrected chi connectivity index (χ3v) is 4.29.